The van der Waals surface area contributed by atoms with E-state index in [0.29, 0.717) is 17.5 Å². The number of fused-ring (bicyclic) bond motifs is 6. The lowest BCUT2D eigenvalue weighted by Crippen LogP contribution is -2.04. The van der Waals surface area contributed by atoms with Gasteiger partial charge in [-0.2, -0.15) is 0 Å². The highest BCUT2D eigenvalue weighted by Gasteiger charge is 2.24. The molecule has 3 heterocycles. The molecule has 0 aliphatic heterocycles. The summed E-state index contributed by atoms with van der Waals surface area (Å²) in [5, 5.41) is 4.64. The molecule has 0 unspecified atom stereocenters. The molecule has 0 amide bonds. The van der Waals surface area contributed by atoms with E-state index in [1.54, 1.807) is 6.08 Å². The number of rotatable bonds is 13. The summed E-state index contributed by atoms with van der Waals surface area (Å²) in [7, 11) is 0. The molecule has 0 atom stereocenters. The molecule has 0 aliphatic carbocycles. The highest BCUT2D eigenvalue weighted by Crippen LogP contribution is 2.44. The van der Waals surface area contributed by atoms with Crippen LogP contribution in [-0.2, 0) is 4.79 Å². The molecule has 0 fully saturated rings. The van der Waals surface area contributed by atoms with Crippen molar-refractivity contribution < 1.29 is 4.79 Å². The van der Waals surface area contributed by atoms with Crippen LogP contribution in [0.3, 0.4) is 0 Å². The Labute approximate surface area is 498 Å². The second-order valence-corrected chi connectivity index (χ2v) is 21.5. The molecule has 0 bridgehead atoms. The van der Waals surface area contributed by atoms with Gasteiger partial charge in [-0.05, 0) is 128 Å². The number of allylic oxidation sites excluding steroid dienone is 3. The predicted molar refractivity (Wildman–Crippen MR) is 356 cm³/mol. The lowest BCUT2D eigenvalue weighted by Gasteiger charge is -2.20. The van der Waals surface area contributed by atoms with Gasteiger partial charge in [0.25, 0.3) is 0 Å². The van der Waals surface area contributed by atoms with Crippen molar-refractivity contribution in [3.05, 3.63) is 315 Å². The third-order valence-corrected chi connectivity index (χ3v) is 16.3. The Morgan fingerprint density at radius 2 is 0.698 bits per heavy atom. The van der Waals surface area contributed by atoms with E-state index in [9.17, 15) is 4.79 Å². The van der Waals surface area contributed by atoms with E-state index in [2.05, 4.69) is 288 Å². The largest absolute Gasteiger partial charge is 0.309 e. The Bertz CT molecular complexity index is 4980. The number of aromatic nitrogens is 5. The summed E-state index contributed by atoms with van der Waals surface area (Å²) >= 11 is 0. The Morgan fingerprint density at radius 3 is 1.27 bits per heavy atom. The summed E-state index contributed by atoms with van der Waals surface area (Å²) in [6, 6.07) is 103. The van der Waals surface area contributed by atoms with Gasteiger partial charge in [-0.25, -0.2) is 15.0 Å². The molecule has 0 saturated heterocycles. The van der Waals surface area contributed by atoms with Crippen LogP contribution in [0, 0.1) is 0 Å². The molecule has 86 heavy (non-hydrogen) atoms. The van der Waals surface area contributed by atoms with Gasteiger partial charge in [0.1, 0.15) is 6.29 Å². The quantitative estimate of drug-likeness (QED) is 0.0655. The zero-order valence-electron chi connectivity index (χ0n) is 46.7. The molecule has 0 saturated carbocycles. The van der Waals surface area contributed by atoms with Crippen molar-refractivity contribution in [2.45, 2.75) is 0 Å². The van der Waals surface area contributed by atoms with Gasteiger partial charge in [-0.1, -0.05) is 243 Å². The van der Waals surface area contributed by atoms with Gasteiger partial charge in [0, 0.05) is 49.5 Å². The molecule has 404 valence electrons. The maximum atomic E-state index is 11.9. The van der Waals surface area contributed by atoms with Gasteiger partial charge in [0.05, 0.1) is 27.8 Å². The van der Waals surface area contributed by atoms with Crippen molar-refractivity contribution in [3.8, 4) is 101 Å². The van der Waals surface area contributed by atoms with E-state index in [-0.39, 0.29) is 0 Å². The van der Waals surface area contributed by atoms with Crippen LogP contribution in [0.4, 0.5) is 0 Å². The second-order valence-electron chi connectivity index (χ2n) is 21.5. The fourth-order valence-corrected chi connectivity index (χ4v) is 12.2. The number of aldehydes is 1. The van der Waals surface area contributed by atoms with Crippen LogP contribution < -0.4 is 0 Å². The second kappa shape index (κ2) is 22.3. The molecule has 15 aromatic rings. The standard InChI is InChI=1S/C80H53N5O/c86-46-22-6-17-33-62-47-66(80-82-78(60-40-38-58(39-41-60)54-23-7-1-8-24-54)81-79(83-80)65-49-63(56-27-11-3-12-28-56)48-64(50-65)57-29-13-4-14-30-57)51-71(59-31-15-5-16-32-59)77(62)85-75-45-43-67(84-73-36-20-18-34-68(73)69-35-19-21-37-74(69)84)53-72(75)70-44-42-61(52-76(70)85)55-25-9-2-10-26-55/h1-53H/b22-6-,33-17+. The van der Waals surface area contributed by atoms with Crippen molar-refractivity contribution in [2.24, 2.45) is 0 Å². The molecule has 15 rings (SSSR count). The summed E-state index contributed by atoms with van der Waals surface area (Å²) in [4.78, 5) is 28.2. The van der Waals surface area contributed by atoms with Gasteiger partial charge < -0.3 is 9.13 Å². The maximum Gasteiger partial charge on any atom is 0.164 e. The lowest BCUT2D eigenvalue weighted by molar-refractivity contribution is -0.104. The number of para-hydroxylation sites is 2. The zero-order valence-corrected chi connectivity index (χ0v) is 46.7. The lowest BCUT2D eigenvalue weighted by atomic mass is 9.95. The van der Waals surface area contributed by atoms with E-state index in [1.807, 2.05) is 24.3 Å². The van der Waals surface area contributed by atoms with E-state index in [4.69, 9.17) is 15.0 Å². The number of hydrogen-bond donors (Lipinski definition) is 0. The van der Waals surface area contributed by atoms with Crippen molar-refractivity contribution in [1.29, 1.82) is 0 Å². The summed E-state index contributed by atoms with van der Waals surface area (Å²) in [5.41, 5.74) is 20.5. The minimum absolute atomic E-state index is 0.509. The first-order chi connectivity index (χ1) is 42.6. The monoisotopic (exact) mass is 1100 g/mol. The number of benzene rings is 12. The van der Waals surface area contributed by atoms with E-state index in [0.717, 1.165) is 128 Å². The summed E-state index contributed by atoms with van der Waals surface area (Å²) in [6.45, 7) is 0. The molecule has 3 aromatic heterocycles. The van der Waals surface area contributed by atoms with E-state index < -0.39 is 0 Å². The summed E-state index contributed by atoms with van der Waals surface area (Å²) in [6.07, 6.45) is 8.14. The van der Waals surface area contributed by atoms with E-state index in [1.165, 1.54) is 16.8 Å². The minimum atomic E-state index is 0.509. The third-order valence-electron chi connectivity index (χ3n) is 16.3. The maximum absolute atomic E-state index is 11.9. The normalized spacial score (nSPS) is 11.7. The van der Waals surface area contributed by atoms with Crippen LogP contribution in [-0.4, -0.2) is 30.4 Å². The number of carbonyl (C=O) groups excluding carboxylic acids is 1. The highest BCUT2D eigenvalue weighted by molar-refractivity contribution is 6.13. The molecule has 6 heteroatoms. The average Bonchev–Trinajstić information content (AvgIpc) is 1.75. The van der Waals surface area contributed by atoms with Crippen molar-refractivity contribution in [3.63, 3.8) is 0 Å². The molecule has 0 N–H and O–H groups in total. The first-order valence-electron chi connectivity index (χ1n) is 28.9. The fourth-order valence-electron chi connectivity index (χ4n) is 12.2. The Kier molecular flexibility index (Phi) is 13.3. The summed E-state index contributed by atoms with van der Waals surface area (Å²) in [5.74, 6) is 1.59. The van der Waals surface area contributed by atoms with Crippen LogP contribution in [0.1, 0.15) is 5.56 Å². The molecule has 0 aliphatic rings. The third kappa shape index (κ3) is 9.57. The minimum Gasteiger partial charge on any atom is -0.309 e. The van der Waals surface area contributed by atoms with Crippen LogP contribution in [0.2, 0.25) is 0 Å². The predicted octanol–water partition coefficient (Wildman–Crippen LogP) is 20.2. The highest BCUT2D eigenvalue weighted by atomic mass is 16.1. The van der Waals surface area contributed by atoms with Crippen LogP contribution in [0.5, 0.6) is 0 Å². The van der Waals surface area contributed by atoms with Gasteiger partial charge >= 0.3 is 0 Å². The van der Waals surface area contributed by atoms with Gasteiger partial charge in [0.2, 0.25) is 0 Å². The fraction of sp³-hybridized carbons (Fsp3) is 0. The molecular formula is C80H53N5O. The number of hydrogen-bond acceptors (Lipinski definition) is 4. The van der Waals surface area contributed by atoms with Gasteiger partial charge in [-0.3, -0.25) is 4.79 Å². The first-order valence-corrected chi connectivity index (χ1v) is 28.9. The topological polar surface area (TPSA) is 65.6 Å². The number of nitrogens with zero attached hydrogens (tertiary/aromatic N) is 5. The van der Waals surface area contributed by atoms with Crippen LogP contribution in [0.15, 0.2) is 309 Å². The molecule has 6 nitrogen and oxygen atoms in total. The van der Waals surface area contributed by atoms with E-state index >= 15 is 0 Å². The van der Waals surface area contributed by atoms with Crippen LogP contribution >= 0.6 is 0 Å². The molecule has 0 spiro atoms. The van der Waals surface area contributed by atoms with Gasteiger partial charge in [0.15, 0.2) is 17.5 Å². The van der Waals surface area contributed by atoms with Crippen LogP contribution in [0.25, 0.3) is 151 Å². The molecule has 0 radical (unpaired) electrons. The smallest absolute Gasteiger partial charge is 0.164 e. The first kappa shape index (κ1) is 51.3. The van der Waals surface area contributed by atoms with Gasteiger partial charge in [-0.15, -0.1) is 0 Å². The Balaban J connectivity index is 1.00. The van der Waals surface area contributed by atoms with Crippen molar-refractivity contribution in [1.82, 2.24) is 24.1 Å². The summed E-state index contributed by atoms with van der Waals surface area (Å²) < 4.78 is 4.82. The molecular weight excluding hydrogens is 1050 g/mol. The average molecular weight is 1100 g/mol. The Hall–Kier alpha value is -11.6. The van der Waals surface area contributed by atoms with Crippen molar-refractivity contribution in [2.75, 3.05) is 0 Å². The Morgan fingerprint density at radius 1 is 0.267 bits per heavy atom. The molecule has 12 aromatic carbocycles. The SMILES string of the molecule is O=C/C=C\C=C\c1cc(-c2nc(-c3ccc(-c4ccccc4)cc3)nc(-c3cc(-c4ccccc4)cc(-c4ccccc4)c3)n2)cc(-c2ccccc2)c1-n1c2ccc(-n3c4ccccc4c4ccccc43)cc2c2ccc(-c3ccccc3)cc21. The van der Waals surface area contributed by atoms with Crippen molar-refractivity contribution >= 4 is 56.0 Å². The number of carbonyl (C=O) groups is 1. The zero-order chi connectivity index (χ0) is 57.3.